The number of pyridine rings is 1. The van der Waals surface area contributed by atoms with Crippen molar-refractivity contribution in [3.8, 4) is 0 Å². The number of alkyl halides is 3. The molecular formula is C18H14ClF4N7O. The summed E-state index contributed by atoms with van der Waals surface area (Å²) in [6, 6.07) is 6.16. The van der Waals surface area contributed by atoms with E-state index in [2.05, 4.69) is 26.2 Å². The van der Waals surface area contributed by atoms with Crippen LogP contribution in [0.3, 0.4) is 0 Å². The van der Waals surface area contributed by atoms with Gasteiger partial charge in [0.15, 0.2) is 11.6 Å². The second kappa shape index (κ2) is 7.96. The first-order chi connectivity index (χ1) is 14.7. The minimum atomic E-state index is -4.51. The van der Waals surface area contributed by atoms with Crippen molar-refractivity contribution < 1.29 is 22.4 Å². The average molecular weight is 456 g/mol. The molecule has 3 heterocycles. The molecule has 5 N–H and O–H groups in total. The zero-order valence-electron chi connectivity index (χ0n) is 15.4. The van der Waals surface area contributed by atoms with Crippen LogP contribution in [0.2, 0.25) is 5.02 Å². The third kappa shape index (κ3) is 4.64. The van der Waals surface area contributed by atoms with E-state index in [0.29, 0.717) is 10.7 Å². The molecule has 0 saturated carbocycles. The van der Waals surface area contributed by atoms with Crippen LogP contribution in [-0.4, -0.2) is 28.6 Å². The summed E-state index contributed by atoms with van der Waals surface area (Å²) in [4.78, 5) is 19.2. The Labute approximate surface area is 177 Å². The van der Waals surface area contributed by atoms with Crippen molar-refractivity contribution in [1.29, 1.82) is 0 Å². The Morgan fingerprint density at radius 1 is 1.26 bits per heavy atom. The standard InChI is InChI=1S/C18H14ClF4N7O/c19-9-1-2-13-11(3-9)14(6-24-13)27-17(31)15-7-30(29-28-15)10-4-12(20)16(25-5-10)26-8-18(21,22)23/h1-7,24,28-29H,8H2,(H,25,26)(H,27,31). The lowest BCUT2D eigenvalue weighted by molar-refractivity contribution is -0.115. The first kappa shape index (κ1) is 20.8. The number of aromatic nitrogens is 2. The fourth-order valence-corrected chi connectivity index (χ4v) is 3.00. The molecule has 1 aliphatic heterocycles. The average Bonchev–Trinajstić information content (AvgIpc) is 3.34. The Morgan fingerprint density at radius 3 is 2.81 bits per heavy atom. The normalized spacial score (nSPS) is 13.8. The quantitative estimate of drug-likeness (QED) is 0.377. The molecule has 13 heteroatoms. The van der Waals surface area contributed by atoms with Crippen molar-refractivity contribution in [2.24, 2.45) is 0 Å². The maximum atomic E-state index is 14.1. The topological polar surface area (TPSA) is 97.1 Å². The molecule has 0 unspecified atom stereocenters. The molecule has 1 amide bonds. The number of nitrogens with zero attached hydrogens (tertiary/aromatic N) is 2. The molecule has 0 radical (unpaired) electrons. The van der Waals surface area contributed by atoms with Gasteiger partial charge in [-0.1, -0.05) is 11.6 Å². The molecule has 0 saturated heterocycles. The molecule has 162 valence electrons. The minimum absolute atomic E-state index is 0.107. The SMILES string of the molecule is O=C(Nc1c[nH]c2ccc(Cl)cc12)C1=CN(c2cnc(NCC(F)(F)F)c(F)c2)NN1. The largest absolute Gasteiger partial charge is 0.405 e. The lowest BCUT2D eigenvalue weighted by Crippen LogP contribution is -2.38. The predicted molar refractivity (Wildman–Crippen MR) is 108 cm³/mol. The van der Waals surface area contributed by atoms with E-state index in [-0.39, 0.29) is 11.4 Å². The van der Waals surface area contributed by atoms with Gasteiger partial charge in [-0.3, -0.25) is 15.2 Å². The third-order valence-corrected chi connectivity index (χ3v) is 4.50. The smallest absolute Gasteiger partial charge is 0.359 e. The fraction of sp³-hybridized carbons (Fsp3) is 0.111. The lowest BCUT2D eigenvalue weighted by atomic mass is 10.2. The minimum Gasteiger partial charge on any atom is -0.359 e. The zero-order chi connectivity index (χ0) is 22.2. The number of carbonyl (C=O) groups excluding carboxylic acids is 1. The number of nitrogens with one attached hydrogen (secondary N) is 5. The van der Waals surface area contributed by atoms with Crippen molar-refractivity contribution in [1.82, 2.24) is 20.9 Å². The summed E-state index contributed by atoms with van der Waals surface area (Å²) in [5, 5.41) is 7.09. The van der Waals surface area contributed by atoms with E-state index < -0.39 is 30.3 Å². The highest BCUT2D eigenvalue weighted by molar-refractivity contribution is 6.31. The molecule has 2 aromatic heterocycles. The highest BCUT2D eigenvalue weighted by Crippen LogP contribution is 2.27. The molecule has 0 aliphatic carbocycles. The molecule has 0 bridgehead atoms. The van der Waals surface area contributed by atoms with Crippen LogP contribution in [0.1, 0.15) is 0 Å². The van der Waals surface area contributed by atoms with Crippen LogP contribution < -0.4 is 26.6 Å². The Morgan fingerprint density at radius 2 is 2.06 bits per heavy atom. The summed E-state index contributed by atoms with van der Waals surface area (Å²) in [5.74, 6) is -2.01. The number of amides is 1. The Balaban J connectivity index is 1.46. The van der Waals surface area contributed by atoms with E-state index in [9.17, 15) is 22.4 Å². The molecule has 8 nitrogen and oxygen atoms in total. The van der Waals surface area contributed by atoms with Gasteiger partial charge in [0.2, 0.25) is 0 Å². The van der Waals surface area contributed by atoms with Crippen molar-refractivity contribution in [2.45, 2.75) is 6.18 Å². The number of H-pyrrole nitrogens is 1. The van der Waals surface area contributed by atoms with E-state index in [1.54, 1.807) is 24.4 Å². The molecule has 3 aromatic rings. The number of hydrazine groups is 2. The van der Waals surface area contributed by atoms with Gasteiger partial charge in [-0.15, -0.1) is 5.53 Å². The van der Waals surface area contributed by atoms with Gasteiger partial charge in [-0.2, -0.15) is 13.2 Å². The Hall–Kier alpha value is -3.51. The van der Waals surface area contributed by atoms with Gasteiger partial charge in [-0.25, -0.2) is 9.37 Å². The summed E-state index contributed by atoms with van der Waals surface area (Å²) < 4.78 is 50.9. The summed E-state index contributed by atoms with van der Waals surface area (Å²) >= 11 is 6.00. The first-order valence-corrected chi connectivity index (χ1v) is 9.14. The molecule has 4 rings (SSSR count). The van der Waals surface area contributed by atoms with Crippen LogP contribution in [0.25, 0.3) is 10.9 Å². The van der Waals surface area contributed by atoms with Gasteiger partial charge in [-0.05, 0) is 18.2 Å². The van der Waals surface area contributed by atoms with Gasteiger partial charge >= 0.3 is 6.18 Å². The van der Waals surface area contributed by atoms with E-state index in [1.165, 1.54) is 11.2 Å². The summed E-state index contributed by atoms with van der Waals surface area (Å²) in [6.07, 6.45) is -0.397. The van der Waals surface area contributed by atoms with Crippen LogP contribution in [0.4, 0.5) is 34.8 Å². The number of hydrogen-bond donors (Lipinski definition) is 5. The van der Waals surface area contributed by atoms with E-state index in [4.69, 9.17) is 11.6 Å². The summed E-state index contributed by atoms with van der Waals surface area (Å²) in [6.45, 7) is -1.41. The second-order valence-electron chi connectivity index (χ2n) is 6.49. The number of carbonyl (C=O) groups is 1. The van der Waals surface area contributed by atoms with Crippen LogP contribution in [0, 0.1) is 5.82 Å². The van der Waals surface area contributed by atoms with Crippen molar-refractivity contribution in [3.63, 3.8) is 0 Å². The second-order valence-corrected chi connectivity index (χ2v) is 6.93. The molecule has 0 atom stereocenters. The summed E-state index contributed by atoms with van der Waals surface area (Å²) in [7, 11) is 0. The van der Waals surface area contributed by atoms with Crippen LogP contribution in [0.15, 0.2) is 48.6 Å². The predicted octanol–water partition coefficient (Wildman–Crippen LogP) is 3.64. The number of rotatable bonds is 5. The highest BCUT2D eigenvalue weighted by atomic mass is 35.5. The fourth-order valence-electron chi connectivity index (χ4n) is 2.83. The number of anilines is 3. The van der Waals surface area contributed by atoms with Crippen LogP contribution in [0.5, 0.6) is 0 Å². The van der Waals surface area contributed by atoms with E-state index in [0.717, 1.165) is 23.2 Å². The van der Waals surface area contributed by atoms with Crippen molar-refractivity contribution >= 4 is 45.6 Å². The maximum absolute atomic E-state index is 14.1. The molecule has 1 aliphatic rings. The number of hydrogen-bond acceptors (Lipinski definition) is 6. The van der Waals surface area contributed by atoms with Gasteiger partial charge in [0.25, 0.3) is 5.91 Å². The molecule has 0 fully saturated rings. The number of halogens is 5. The lowest BCUT2D eigenvalue weighted by Gasteiger charge is -2.16. The van der Waals surface area contributed by atoms with Gasteiger partial charge in [0.1, 0.15) is 12.2 Å². The summed E-state index contributed by atoms with van der Waals surface area (Å²) in [5.41, 5.74) is 6.82. The van der Waals surface area contributed by atoms with Crippen LogP contribution in [-0.2, 0) is 4.79 Å². The van der Waals surface area contributed by atoms with Gasteiger partial charge in [0.05, 0.1) is 23.8 Å². The molecule has 1 aromatic carbocycles. The number of fused-ring (bicyclic) bond motifs is 1. The van der Waals surface area contributed by atoms with Gasteiger partial charge in [0, 0.05) is 28.2 Å². The number of aromatic amines is 1. The van der Waals surface area contributed by atoms with Crippen molar-refractivity contribution in [3.05, 3.63) is 59.4 Å². The number of benzene rings is 1. The third-order valence-electron chi connectivity index (χ3n) is 4.27. The van der Waals surface area contributed by atoms with Gasteiger partial charge < -0.3 is 15.6 Å². The van der Waals surface area contributed by atoms with E-state index >= 15 is 0 Å². The molecule has 0 spiro atoms. The monoisotopic (exact) mass is 455 g/mol. The first-order valence-electron chi connectivity index (χ1n) is 8.76. The van der Waals surface area contributed by atoms with E-state index in [1.807, 2.05) is 5.32 Å². The zero-order valence-corrected chi connectivity index (χ0v) is 16.2. The van der Waals surface area contributed by atoms with Crippen molar-refractivity contribution in [2.75, 3.05) is 22.2 Å². The maximum Gasteiger partial charge on any atom is 0.405 e. The molecular weight excluding hydrogens is 442 g/mol. The van der Waals surface area contributed by atoms with Crippen LogP contribution >= 0.6 is 11.6 Å². The Kier molecular flexibility index (Phi) is 5.33. The highest BCUT2D eigenvalue weighted by Gasteiger charge is 2.27. The molecule has 31 heavy (non-hydrogen) atoms. The Bertz CT molecular complexity index is 1180.